The maximum atomic E-state index is 5.93. The van der Waals surface area contributed by atoms with Gasteiger partial charge in [-0.1, -0.05) is 26.2 Å². The Morgan fingerprint density at radius 2 is 2.12 bits per heavy atom. The highest BCUT2D eigenvalue weighted by Crippen LogP contribution is 2.31. The Morgan fingerprint density at radius 3 is 2.71 bits per heavy atom. The van der Waals surface area contributed by atoms with E-state index < -0.39 is 0 Å². The fourth-order valence-electron chi connectivity index (χ4n) is 2.76. The lowest BCUT2D eigenvalue weighted by Gasteiger charge is -2.44. The summed E-state index contributed by atoms with van der Waals surface area (Å²) in [7, 11) is 1.80. The Balaban J connectivity index is 1.58. The summed E-state index contributed by atoms with van der Waals surface area (Å²) in [4.78, 5) is 0. The zero-order chi connectivity index (χ0) is 12.1. The van der Waals surface area contributed by atoms with Crippen molar-refractivity contribution in [2.75, 3.05) is 20.3 Å². The first kappa shape index (κ1) is 13.3. The van der Waals surface area contributed by atoms with Crippen LogP contribution in [0, 0.1) is 5.92 Å². The molecule has 0 amide bonds. The van der Waals surface area contributed by atoms with E-state index in [0.29, 0.717) is 12.1 Å². The molecule has 3 atom stereocenters. The SMILES string of the molecule is CCCNC1CC(OCCC2CCC2)C1OC. The van der Waals surface area contributed by atoms with Gasteiger partial charge in [0.05, 0.1) is 12.2 Å². The topological polar surface area (TPSA) is 30.5 Å². The van der Waals surface area contributed by atoms with Crippen LogP contribution in [0.3, 0.4) is 0 Å². The van der Waals surface area contributed by atoms with Crippen molar-refractivity contribution in [2.24, 2.45) is 5.92 Å². The van der Waals surface area contributed by atoms with Crippen LogP contribution in [0.4, 0.5) is 0 Å². The average molecular weight is 241 g/mol. The van der Waals surface area contributed by atoms with Crippen LogP contribution in [0.25, 0.3) is 0 Å². The van der Waals surface area contributed by atoms with Crippen molar-refractivity contribution < 1.29 is 9.47 Å². The molecule has 3 unspecified atom stereocenters. The first-order valence-corrected chi connectivity index (χ1v) is 7.23. The first-order valence-electron chi connectivity index (χ1n) is 7.23. The predicted molar refractivity (Wildman–Crippen MR) is 69.2 cm³/mol. The summed E-state index contributed by atoms with van der Waals surface area (Å²) in [6, 6.07) is 0.508. The molecule has 100 valence electrons. The molecule has 1 N–H and O–H groups in total. The maximum absolute atomic E-state index is 5.93. The quantitative estimate of drug-likeness (QED) is 0.707. The highest BCUT2D eigenvalue weighted by atomic mass is 16.5. The summed E-state index contributed by atoms with van der Waals surface area (Å²) in [5.41, 5.74) is 0. The van der Waals surface area contributed by atoms with E-state index in [9.17, 15) is 0 Å². The molecule has 0 aromatic carbocycles. The minimum atomic E-state index is 0.267. The van der Waals surface area contributed by atoms with Crippen molar-refractivity contribution in [1.29, 1.82) is 0 Å². The molecule has 0 radical (unpaired) electrons. The molecular weight excluding hydrogens is 214 g/mol. The van der Waals surface area contributed by atoms with Crippen LogP contribution in [0.5, 0.6) is 0 Å². The minimum Gasteiger partial charge on any atom is -0.377 e. The van der Waals surface area contributed by atoms with Crippen molar-refractivity contribution in [3.05, 3.63) is 0 Å². The first-order chi connectivity index (χ1) is 8.35. The molecule has 0 aromatic rings. The summed E-state index contributed by atoms with van der Waals surface area (Å²) in [6.07, 6.45) is 8.41. The lowest BCUT2D eigenvalue weighted by atomic mass is 9.83. The van der Waals surface area contributed by atoms with E-state index in [4.69, 9.17) is 9.47 Å². The van der Waals surface area contributed by atoms with Crippen LogP contribution in [0.15, 0.2) is 0 Å². The monoisotopic (exact) mass is 241 g/mol. The second-order valence-corrected chi connectivity index (χ2v) is 5.49. The molecule has 2 fully saturated rings. The van der Waals surface area contributed by atoms with Gasteiger partial charge in [-0.15, -0.1) is 0 Å². The third-order valence-corrected chi connectivity index (χ3v) is 4.26. The van der Waals surface area contributed by atoms with E-state index in [1.54, 1.807) is 7.11 Å². The van der Waals surface area contributed by atoms with Crippen LogP contribution in [0.2, 0.25) is 0 Å². The number of nitrogens with one attached hydrogen (secondary N) is 1. The Kier molecular flexibility index (Phi) is 5.26. The van der Waals surface area contributed by atoms with Crippen LogP contribution in [0.1, 0.15) is 45.4 Å². The van der Waals surface area contributed by atoms with E-state index in [1.165, 1.54) is 32.1 Å². The van der Waals surface area contributed by atoms with Gasteiger partial charge in [0.2, 0.25) is 0 Å². The van der Waals surface area contributed by atoms with Gasteiger partial charge < -0.3 is 14.8 Å². The number of ether oxygens (including phenoxy) is 2. The molecule has 3 nitrogen and oxygen atoms in total. The number of hydrogen-bond acceptors (Lipinski definition) is 3. The summed E-state index contributed by atoms with van der Waals surface area (Å²) in [5, 5.41) is 3.52. The van der Waals surface area contributed by atoms with Gasteiger partial charge in [-0.05, 0) is 31.7 Å². The van der Waals surface area contributed by atoms with Crippen molar-refractivity contribution in [1.82, 2.24) is 5.32 Å². The van der Waals surface area contributed by atoms with Gasteiger partial charge in [-0.2, -0.15) is 0 Å². The molecule has 0 spiro atoms. The van der Waals surface area contributed by atoms with Gasteiger partial charge in [-0.25, -0.2) is 0 Å². The smallest absolute Gasteiger partial charge is 0.0986 e. The summed E-state index contributed by atoms with van der Waals surface area (Å²) < 4.78 is 11.5. The number of hydrogen-bond donors (Lipinski definition) is 1. The Labute approximate surface area is 105 Å². The third-order valence-electron chi connectivity index (χ3n) is 4.26. The van der Waals surface area contributed by atoms with E-state index in [1.807, 2.05) is 0 Å². The highest BCUT2D eigenvalue weighted by Gasteiger charge is 2.41. The van der Waals surface area contributed by atoms with E-state index in [2.05, 4.69) is 12.2 Å². The van der Waals surface area contributed by atoms with Gasteiger partial charge in [0.1, 0.15) is 0 Å². The largest absolute Gasteiger partial charge is 0.377 e. The lowest BCUT2D eigenvalue weighted by molar-refractivity contribution is -0.136. The molecule has 2 aliphatic carbocycles. The molecule has 0 aromatic heterocycles. The molecule has 0 saturated heterocycles. The normalized spacial score (nSPS) is 33.2. The highest BCUT2D eigenvalue weighted by molar-refractivity contribution is 4.97. The number of rotatable bonds is 8. The molecule has 17 heavy (non-hydrogen) atoms. The molecule has 2 aliphatic rings. The van der Waals surface area contributed by atoms with Gasteiger partial charge in [0.15, 0.2) is 0 Å². The molecule has 0 aliphatic heterocycles. The van der Waals surface area contributed by atoms with Gasteiger partial charge in [0, 0.05) is 19.8 Å². The average Bonchev–Trinajstić information content (AvgIpc) is 2.24. The van der Waals surface area contributed by atoms with Crippen LogP contribution < -0.4 is 5.32 Å². The van der Waals surface area contributed by atoms with Crippen molar-refractivity contribution in [3.63, 3.8) is 0 Å². The molecule has 0 heterocycles. The Bertz CT molecular complexity index is 218. The van der Waals surface area contributed by atoms with E-state index in [-0.39, 0.29) is 6.10 Å². The van der Waals surface area contributed by atoms with Crippen molar-refractivity contribution >= 4 is 0 Å². The van der Waals surface area contributed by atoms with Gasteiger partial charge in [-0.3, -0.25) is 0 Å². The fraction of sp³-hybridized carbons (Fsp3) is 1.00. The molecule has 2 saturated carbocycles. The number of methoxy groups -OCH3 is 1. The van der Waals surface area contributed by atoms with Crippen molar-refractivity contribution in [2.45, 2.75) is 63.7 Å². The fourth-order valence-corrected chi connectivity index (χ4v) is 2.76. The summed E-state index contributed by atoms with van der Waals surface area (Å²) in [5.74, 6) is 0.949. The minimum absolute atomic E-state index is 0.267. The van der Waals surface area contributed by atoms with E-state index in [0.717, 1.165) is 25.5 Å². The zero-order valence-corrected chi connectivity index (χ0v) is 11.3. The van der Waals surface area contributed by atoms with Gasteiger partial charge >= 0.3 is 0 Å². The molecule has 3 heteroatoms. The summed E-state index contributed by atoms with van der Waals surface area (Å²) >= 11 is 0. The standard InChI is InChI=1S/C14H27NO2/c1-3-8-15-12-10-13(14(12)16-2)17-9-7-11-5-4-6-11/h11-15H,3-10H2,1-2H3. The zero-order valence-electron chi connectivity index (χ0n) is 11.3. The van der Waals surface area contributed by atoms with Crippen LogP contribution in [-0.4, -0.2) is 38.5 Å². The van der Waals surface area contributed by atoms with Crippen molar-refractivity contribution in [3.8, 4) is 0 Å². The molecule has 2 rings (SSSR count). The molecular formula is C14H27NO2. The lowest BCUT2D eigenvalue weighted by Crippen LogP contribution is -2.60. The maximum Gasteiger partial charge on any atom is 0.0986 e. The van der Waals surface area contributed by atoms with Gasteiger partial charge in [0.25, 0.3) is 0 Å². The van der Waals surface area contributed by atoms with Crippen LogP contribution >= 0.6 is 0 Å². The predicted octanol–water partition coefficient (Wildman–Crippen LogP) is 2.35. The second-order valence-electron chi connectivity index (χ2n) is 5.49. The third kappa shape index (κ3) is 3.43. The Hall–Kier alpha value is -0.120. The van der Waals surface area contributed by atoms with E-state index >= 15 is 0 Å². The second kappa shape index (κ2) is 6.72. The Morgan fingerprint density at radius 1 is 1.29 bits per heavy atom. The summed E-state index contributed by atoms with van der Waals surface area (Å²) in [6.45, 7) is 4.20. The molecule has 0 bridgehead atoms. The van der Waals surface area contributed by atoms with Crippen LogP contribution in [-0.2, 0) is 9.47 Å².